The average molecular weight is 489 g/mol. The predicted octanol–water partition coefficient (Wildman–Crippen LogP) is 4.28. The summed E-state index contributed by atoms with van der Waals surface area (Å²) in [6, 6.07) is 4.01. The van der Waals surface area contributed by atoms with Crippen LogP contribution in [0.1, 0.15) is 55.7 Å². The van der Waals surface area contributed by atoms with Crippen molar-refractivity contribution in [1.29, 1.82) is 0 Å². The third kappa shape index (κ3) is 7.14. The molecule has 0 spiro atoms. The Labute approximate surface area is 181 Å². The molecule has 0 atom stereocenters. The zero-order chi connectivity index (χ0) is 19.0. The number of nitrogens with one attached hydrogen (secondary N) is 2. The van der Waals surface area contributed by atoms with Crippen LogP contribution in [-0.4, -0.2) is 37.9 Å². The van der Waals surface area contributed by atoms with Crippen LogP contribution in [0.15, 0.2) is 17.1 Å². The van der Waals surface area contributed by atoms with Crippen molar-refractivity contribution in [3.63, 3.8) is 0 Å². The molecular formula is C21H36IN3O2. The Bertz CT molecular complexity index is 590. The maximum Gasteiger partial charge on any atom is 0.191 e. The van der Waals surface area contributed by atoms with E-state index in [1.165, 1.54) is 25.7 Å². The largest absolute Gasteiger partial charge is 0.507 e. The van der Waals surface area contributed by atoms with Crippen molar-refractivity contribution in [3.05, 3.63) is 28.8 Å². The number of ether oxygens (including phenoxy) is 1. The van der Waals surface area contributed by atoms with Gasteiger partial charge in [0.2, 0.25) is 0 Å². The van der Waals surface area contributed by atoms with Gasteiger partial charge >= 0.3 is 0 Å². The van der Waals surface area contributed by atoms with Crippen molar-refractivity contribution in [2.24, 2.45) is 10.4 Å². The third-order valence-electron chi connectivity index (χ3n) is 5.45. The van der Waals surface area contributed by atoms with E-state index in [4.69, 9.17) is 9.73 Å². The van der Waals surface area contributed by atoms with Gasteiger partial charge in [-0.15, -0.1) is 24.0 Å². The number of aliphatic imine (C=N–C) groups is 1. The number of aromatic hydroxyl groups is 1. The molecule has 1 fully saturated rings. The molecule has 3 N–H and O–H groups in total. The molecule has 1 aliphatic rings. The van der Waals surface area contributed by atoms with Gasteiger partial charge in [-0.2, -0.15) is 0 Å². The Hall–Kier alpha value is -1.02. The van der Waals surface area contributed by atoms with E-state index in [1.54, 1.807) is 7.11 Å². The monoisotopic (exact) mass is 489 g/mol. The molecule has 0 aliphatic heterocycles. The van der Waals surface area contributed by atoms with E-state index < -0.39 is 0 Å². The van der Waals surface area contributed by atoms with E-state index in [-0.39, 0.29) is 24.0 Å². The minimum atomic E-state index is 0. The van der Waals surface area contributed by atoms with Crippen LogP contribution in [-0.2, 0) is 11.3 Å². The fraction of sp³-hybridized carbons (Fsp3) is 0.667. The topological polar surface area (TPSA) is 65.9 Å². The Kier molecular flexibility index (Phi) is 10.4. The lowest BCUT2D eigenvalue weighted by Crippen LogP contribution is -2.43. The molecule has 1 aromatic rings. The second-order valence-electron chi connectivity index (χ2n) is 7.58. The molecule has 0 aromatic heterocycles. The minimum Gasteiger partial charge on any atom is -0.507 e. The summed E-state index contributed by atoms with van der Waals surface area (Å²) < 4.78 is 5.33. The standard InChI is InChI=1S/C21H35N3O2.HI/c1-5-22-20(23-14-18-12-16(2)19(25)17(3)13-18)24-15-21(10-11-26-4)8-6-7-9-21;/h12-13,25H,5-11,14-15H2,1-4H3,(H2,22,23,24);1H. The summed E-state index contributed by atoms with van der Waals surface area (Å²) in [5.41, 5.74) is 3.25. The number of phenolic OH excluding ortho intramolecular Hbond substituents is 1. The summed E-state index contributed by atoms with van der Waals surface area (Å²) in [5.74, 6) is 1.24. The van der Waals surface area contributed by atoms with Gasteiger partial charge in [-0.1, -0.05) is 25.0 Å². The van der Waals surface area contributed by atoms with Crippen LogP contribution in [0.3, 0.4) is 0 Å². The highest BCUT2D eigenvalue weighted by atomic mass is 127. The zero-order valence-electron chi connectivity index (χ0n) is 17.2. The first kappa shape index (κ1) is 24.0. The SMILES string of the molecule is CCNC(=NCc1cc(C)c(O)c(C)c1)NCC1(CCOC)CCCC1.I. The number of phenols is 1. The highest BCUT2D eigenvalue weighted by molar-refractivity contribution is 14.0. The van der Waals surface area contributed by atoms with Gasteiger partial charge in [-0.25, -0.2) is 4.99 Å². The lowest BCUT2D eigenvalue weighted by atomic mass is 9.83. The highest BCUT2D eigenvalue weighted by Gasteiger charge is 2.33. The zero-order valence-corrected chi connectivity index (χ0v) is 19.6. The Balaban J connectivity index is 0.00000364. The second kappa shape index (κ2) is 11.7. The molecule has 0 radical (unpaired) electrons. The van der Waals surface area contributed by atoms with Crippen LogP contribution >= 0.6 is 24.0 Å². The van der Waals surface area contributed by atoms with E-state index in [1.807, 2.05) is 26.0 Å². The number of halogens is 1. The smallest absolute Gasteiger partial charge is 0.191 e. The van der Waals surface area contributed by atoms with Gasteiger partial charge in [-0.3, -0.25) is 0 Å². The lowest BCUT2D eigenvalue weighted by molar-refractivity contribution is 0.138. The van der Waals surface area contributed by atoms with Crippen LogP contribution in [0, 0.1) is 19.3 Å². The molecule has 154 valence electrons. The van der Waals surface area contributed by atoms with Gasteiger partial charge < -0.3 is 20.5 Å². The van der Waals surface area contributed by atoms with Crippen molar-refractivity contribution in [2.45, 2.75) is 59.4 Å². The van der Waals surface area contributed by atoms with E-state index in [0.717, 1.165) is 48.8 Å². The number of aryl methyl sites for hydroxylation is 2. The molecule has 6 heteroatoms. The van der Waals surface area contributed by atoms with E-state index >= 15 is 0 Å². The molecule has 1 saturated carbocycles. The maximum absolute atomic E-state index is 9.93. The summed E-state index contributed by atoms with van der Waals surface area (Å²) >= 11 is 0. The molecule has 5 nitrogen and oxygen atoms in total. The fourth-order valence-corrected chi connectivity index (χ4v) is 3.88. The van der Waals surface area contributed by atoms with Gasteiger partial charge in [-0.05, 0) is 62.1 Å². The molecule has 0 amide bonds. The van der Waals surface area contributed by atoms with Gasteiger partial charge in [0, 0.05) is 26.8 Å². The molecular weight excluding hydrogens is 453 g/mol. The Morgan fingerprint density at radius 1 is 1.19 bits per heavy atom. The molecule has 2 rings (SSSR count). The molecule has 0 bridgehead atoms. The maximum atomic E-state index is 9.93. The summed E-state index contributed by atoms with van der Waals surface area (Å²) in [6.45, 7) is 9.14. The normalized spacial score (nSPS) is 16.1. The number of guanidine groups is 1. The summed E-state index contributed by atoms with van der Waals surface area (Å²) in [5, 5.41) is 16.8. The quantitative estimate of drug-likeness (QED) is 0.290. The van der Waals surface area contributed by atoms with Crippen LogP contribution in [0.25, 0.3) is 0 Å². The summed E-state index contributed by atoms with van der Waals surface area (Å²) in [6.07, 6.45) is 6.25. The second-order valence-corrected chi connectivity index (χ2v) is 7.58. The van der Waals surface area contributed by atoms with Crippen molar-refractivity contribution in [3.8, 4) is 5.75 Å². The highest BCUT2D eigenvalue weighted by Crippen LogP contribution is 2.40. The van der Waals surface area contributed by atoms with E-state index in [0.29, 0.717) is 17.7 Å². The van der Waals surface area contributed by atoms with Crippen molar-refractivity contribution < 1.29 is 9.84 Å². The van der Waals surface area contributed by atoms with Crippen molar-refractivity contribution in [1.82, 2.24) is 10.6 Å². The summed E-state index contributed by atoms with van der Waals surface area (Å²) in [4.78, 5) is 4.75. The Morgan fingerprint density at radius 2 is 1.81 bits per heavy atom. The molecule has 27 heavy (non-hydrogen) atoms. The van der Waals surface area contributed by atoms with E-state index in [2.05, 4.69) is 17.6 Å². The van der Waals surface area contributed by atoms with Crippen LogP contribution in [0.4, 0.5) is 0 Å². The molecule has 0 saturated heterocycles. The number of benzene rings is 1. The van der Waals surface area contributed by atoms with E-state index in [9.17, 15) is 5.11 Å². The number of hydrogen-bond donors (Lipinski definition) is 3. The first-order valence-corrected chi connectivity index (χ1v) is 9.80. The first-order valence-electron chi connectivity index (χ1n) is 9.80. The summed E-state index contributed by atoms with van der Waals surface area (Å²) in [7, 11) is 1.78. The number of nitrogens with zero attached hydrogens (tertiary/aromatic N) is 1. The van der Waals surface area contributed by atoms with Crippen LogP contribution in [0.2, 0.25) is 0 Å². The molecule has 0 heterocycles. The molecule has 1 aromatic carbocycles. The van der Waals surface area contributed by atoms with Crippen LogP contribution in [0.5, 0.6) is 5.75 Å². The first-order chi connectivity index (χ1) is 12.5. The third-order valence-corrected chi connectivity index (χ3v) is 5.45. The van der Waals surface area contributed by atoms with Crippen LogP contribution < -0.4 is 10.6 Å². The fourth-order valence-electron chi connectivity index (χ4n) is 3.88. The Morgan fingerprint density at radius 3 is 2.37 bits per heavy atom. The number of methoxy groups -OCH3 is 1. The van der Waals surface area contributed by atoms with Crippen molar-refractivity contribution in [2.75, 3.05) is 26.8 Å². The van der Waals surface area contributed by atoms with Gasteiger partial charge in [0.1, 0.15) is 5.75 Å². The molecule has 1 aliphatic carbocycles. The van der Waals surface area contributed by atoms with Gasteiger partial charge in [0.15, 0.2) is 5.96 Å². The van der Waals surface area contributed by atoms with Gasteiger partial charge in [0.25, 0.3) is 0 Å². The lowest BCUT2D eigenvalue weighted by Gasteiger charge is -2.30. The number of rotatable bonds is 8. The average Bonchev–Trinajstić information content (AvgIpc) is 3.09. The van der Waals surface area contributed by atoms with Crippen molar-refractivity contribution >= 4 is 29.9 Å². The molecule has 0 unspecified atom stereocenters. The minimum absolute atomic E-state index is 0. The van der Waals surface area contributed by atoms with Gasteiger partial charge in [0.05, 0.1) is 6.54 Å². The predicted molar refractivity (Wildman–Crippen MR) is 123 cm³/mol. The number of hydrogen-bond acceptors (Lipinski definition) is 3.